The first-order chi connectivity index (χ1) is 18.9. The number of methoxy groups -OCH3 is 1. The molecular formula is C30H42F3N3O4. The molecule has 1 amide bonds. The molecule has 0 aromatic heterocycles. The van der Waals surface area contributed by atoms with Gasteiger partial charge in [0.25, 0.3) is 5.91 Å². The van der Waals surface area contributed by atoms with Gasteiger partial charge in [0.05, 0.1) is 11.3 Å². The normalized spacial score (nSPS) is 17.9. The van der Waals surface area contributed by atoms with Gasteiger partial charge in [0.2, 0.25) is 0 Å². The summed E-state index contributed by atoms with van der Waals surface area (Å²) < 4.78 is 49.9. The van der Waals surface area contributed by atoms with E-state index in [1.807, 2.05) is 25.2 Å². The summed E-state index contributed by atoms with van der Waals surface area (Å²) in [6, 6.07) is 12.8. The van der Waals surface area contributed by atoms with Crippen molar-refractivity contribution in [2.45, 2.75) is 64.3 Å². The number of nitrogens with zero attached hydrogens (tertiary/aromatic N) is 1. The minimum Gasteiger partial charge on any atom is -0.476 e. The summed E-state index contributed by atoms with van der Waals surface area (Å²) in [4.78, 5) is 25.1. The number of alkyl halides is 3. The second-order valence-corrected chi connectivity index (χ2v) is 10.3. The number of carbonyl (C=O) groups is 2. The predicted molar refractivity (Wildman–Crippen MR) is 151 cm³/mol. The minimum absolute atomic E-state index is 0.0609. The van der Waals surface area contributed by atoms with Crippen molar-refractivity contribution in [3.63, 3.8) is 0 Å². The summed E-state index contributed by atoms with van der Waals surface area (Å²) >= 11 is 0. The lowest BCUT2D eigenvalue weighted by atomic mass is 9.99. The second-order valence-electron chi connectivity index (χ2n) is 10.3. The van der Waals surface area contributed by atoms with Crippen LogP contribution in [0.4, 0.5) is 18.9 Å². The van der Waals surface area contributed by atoms with Crippen LogP contribution in [0, 0.1) is 6.92 Å². The Hall–Kier alpha value is -2.95. The van der Waals surface area contributed by atoms with Crippen LogP contribution in [0.15, 0.2) is 42.5 Å². The lowest BCUT2D eigenvalue weighted by Crippen LogP contribution is -2.52. The second kappa shape index (κ2) is 15.7. The number of unbranched alkanes of at least 4 members (excludes halogenated alkanes) is 1. The number of likely N-dealkylation sites (N-methyl/N-ethyl adjacent to an activating group) is 1. The predicted octanol–water partition coefficient (Wildman–Crippen LogP) is 5.40. The molecule has 2 aliphatic rings. The molecular weight excluding hydrogens is 523 g/mol. The summed E-state index contributed by atoms with van der Waals surface area (Å²) in [5.74, 6) is -0.428. The number of carbonyl (C=O) groups excluding carboxylic acids is 2. The van der Waals surface area contributed by atoms with Crippen LogP contribution in [-0.4, -0.2) is 64.2 Å². The van der Waals surface area contributed by atoms with Gasteiger partial charge >= 0.3 is 6.18 Å². The van der Waals surface area contributed by atoms with Crippen molar-refractivity contribution >= 4 is 17.9 Å². The van der Waals surface area contributed by atoms with Crippen molar-refractivity contribution in [2.75, 3.05) is 45.3 Å². The highest BCUT2D eigenvalue weighted by atomic mass is 19.4. The Labute approximate surface area is 235 Å². The molecule has 4 rings (SSSR count). The van der Waals surface area contributed by atoms with Gasteiger partial charge < -0.3 is 25.0 Å². The maximum atomic E-state index is 13.2. The van der Waals surface area contributed by atoms with E-state index in [2.05, 4.69) is 29.7 Å². The third-order valence-electron chi connectivity index (χ3n) is 6.61. The van der Waals surface area contributed by atoms with Crippen LogP contribution in [0.3, 0.4) is 0 Å². The van der Waals surface area contributed by atoms with E-state index in [9.17, 15) is 22.8 Å². The zero-order valence-corrected chi connectivity index (χ0v) is 24.1. The van der Waals surface area contributed by atoms with Gasteiger partial charge in [-0.3, -0.25) is 9.59 Å². The number of piperidine rings is 1. The molecule has 40 heavy (non-hydrogen) atoms. The van der Waals surface area contributed by atoms with E-state index >= 15 is 0 Å². The number of rotatable bonds is 7. The van der Waals surface area contributed by atoms with E-state index in [0.29, 0.717) is 26.0 Å². The fourth-order valence-corrected chi connectivity index (χ4v) is 4.34. The van der Waals surface area contributed by atoms with Crippen molar-refractivity contribution in [1.82, 2.24) is 10.6 Å². The minimum atomic E-state index is -4.69. The average molecular weight is 566 g/mol. The summed E-state index contributed by atoms with van der Waals surface area (Å²) in [6.45, 7) is 8.25. The molecule has 0 radical (unpaired) electrons. The van der Waals surface area contributed by atoms with E-state index < -0.39 is 22.9 Å². The summed E-state index contributed by atoms with van der Waals surface area (Å²) in [7, 11) is 3.59. The number of benzene rings is 2. The first-order valence-electron chi connectivity index (χ1n) is 13.5. The zero-order valence-electron chi connectivity index (χ0n) is 24.1. The molecule has 7 nitrogen and oxygen atoms in total. The summed E-state index contributed by atoms with van der Waals surface area (Å²) in [5, 5.41) is 6.56. The molecule has 0 saturated carbocycles. The standard InChI is InChI=1S/C17H20F3NO4.C7H8.C6H14N2/c1-16(2)15(23)21(6-4-5-7-24-3)13-8-11(10-22)12(17(18,19)20)9-14(13)25-16;1-7-5-3-2-4-6-7;1-7-6-3-2-4-8-5-6/h8-10H,4-7H2,1-3H3;2-6H,1H3;6-8H,2-5H2,1H3/t;;6-/m..1/s1. The molecule has 2 heterocycles. The molecule has 0 bridgehead atoms. The molecule has 10 heteroatoms. The topological polar surface area (TPSA) is 79.9 Å². The Balaban J connectivity index is 0.000000300. The lowest BCUT2D eigenvalue weighted by Gasteiger charge is -2.39. The molecule has 0 unspecified atom stereocenters. The third-order valence-corrected chi connectivity index (χ3v) is 6.61. The van der Waals surface area contributed by atoms with E-state index in [-0.39, 0.29) is 23.6 Å². The SMILES string of the molecule is CN[C@@H]1CCCNC1.COCCCCN1C(=O)C(C)(C)Oc2cc(C(F)(F)F)c(C=O)cc21.Cc1ccccc1. The Kier molecular flexibility index (Phi) is 13.1. The maximum Gasteiger partial charge on any atom is 0.417 e. The highest BCUT2D eigenvalue weighted by molar-refractivity contribution is 6.03. The number of hydrogen-bond acceptors (Lipinski definition) is 6. The van der Waals surface area contributed by atoms with Gasteiger partial charge in [0, 0.05) is 38.4 Å². The number of aryl methyl sites for hydroxylation is 1. The van der Waals surface area contributed by atoms with E-state index in [4.69, 9.17) is 9.47 Å². The average Bonchev–Trinajstić information content (AvgIpc) is 2.93. The van der Waals surface area contributed by atoms with Crippen molar-refractivity contribution in [3.05, 3.63) is 59.2 Å². The van der Waals surface area contributed by atoms with Crippen LogP contribution >= 0.6 is 0 Å². The molecule has 1 saturated heterocycles. The van der Waals surface area contributed by atoms with Crippen molar-refractivity contribution in [1.29, 1.82) is 0 Å². The number of anilines is 1. The van der Waals surface area contributed by atoms with Gasteiger partial charge in [-0.1, -0.05) is 35.9 Å². The number of fused-ring (bicyclic) bond motifs is 1. The maximum absolute atomic E-state index is 13.2. The molecule has 2 aliphatic heterocycles. The van der Waals surface area contributed by atoms with Gasteiger partial charge in [-0.25, -0.2) is 0 Å². The van der Waals surface area contributed by atoms with Crippen LogP contribution < -0.4 is 20.3 Å². The number of halogens is 3. The first kappa shape index (κ1) is 33.3. The van der Waals surface area contributed by atoms with Crippen LogP contribution in [0.2, 0.25) is 0 Å². The van der Waals surface area contributed by atoms with Crippen LogP contribution in [0.5, 0.6) is 5.75 Å². The Morgan fingerprint density at radius 3 is 2.38 bits per heavy atom. The first-order valence-corrected chi connectivity index (χ1v) is 13.5. The van der Waals surface area contributed by atoms with Crippen LogP contribution in [0.1, 0.15) is 61.0 Å². The molecule has 0 aliphatic carbocycles. The van der Waals surface area contributed by atoms with E-state index in [1.54, 1.807) is 7.11 Å². The molecule has 0 spiro atoms. The van der Waals surface area contributed by atoms with E-state index in [0.717, 1.165) is 24.7 Å². The quantitative estimate of drug-likeness (QED) is 0.346. The zero-order chi connectivity index (χ0) is 29.8. The number of amides is 1. The van der Waals surface area contributed by atoms with Gasteiger partial charge in [0.15, 0.2) is 11.9 Å². The van der Waals surface area contributed by atoms with Crippen LogP contribution in [0.25, 0.3) is 0 Å². The summed E-state index contributed by atoms with van der Waals surface area (Å²) in [6.07, 6.45) is -0.598. The van der Waals surface area contributed by atoms with Crippen molar-refractivity contribution in [3.8, 4) is 5.75 Å². The highest BCUT2D eigenvalue weighted by Crippen LogP contribution is 2.43. The number of hydrogen-bond donors (Lipinski definition) is 2. The summed E-state index contributed by atoms with van der Waals surface area (Å²) in [5.41, 5.74) is -1.39. The van der Waals surface area contributed by atoms with Gasteiger partial charge in [0.1, 0.15) is 5.75 Å². The van der Waals surface area contributed by atoms with Crippen molar-refractivity contribution < 1.29 is 32.2 Å². The third kappa shape index (κ3) is 9.91. The molecule has 1 atom stereocenters. The van der Waals surface area contributed by atoms with Crippen LogP contribution in [-0.2, 0) is 15.7 Å². The molecule has 2 aromatic rings. The molecule has 222 valence electrons. The number of ether oxygens (including phenoxy) is 2. The molecule has 2 N–H and O–H groups in total. The van der Waals surface area contributed by atoms with E-state index in [1.165, 1.54) is 43.7 Å². The van der Waals surface area contributed by atoms with Crippen molar-refractivity contribution in [2.24, 2.45) is 0 Å². The lowest BCUT2D eigenvalue weighted by molar-refractivity contribution is -0.138. The van der Waals surface area contributed by atoms with Gasteiger partial charge in [-0.15, -0.1) is 0 Å². The number of nitrogens with one attached hydrogen (secondary N) is 2. The fourth-order valence-electron chi connectivity index (χ4n) is 4.34. The fraction of sp³-hybridized carbons (Fsp3) is 0.533. The largest absolute Gasteiger partial charge is 0.476 e. The number of aldehydes is 1. The Bertz CT molecular complexity index is 1070. The van der Waals surface area contributed by atoms with Gasteiger partial charge in [-0.05, 0) is 72.2 Å². The Morgan fingerprint density at radius 1 is 1.20 bits per heavy atom. The smallest absolute Gasteiger partial charge is 0.417 e. The Morgan fingerprint density at radius 2 is 1.90 bits per heavy atom. The highest BCUT2D eigenvalue weighted by Gasteiger charge is 2.43. The molecule has 1 fully saturated rings. The monoisotopic (exact) mass is 565 g/mol. The molecule has 2 aromatic carbocycles. The van der Waals surface area contributed by atoms with Gasteiger partial charge in [-0.2, -0.15) is 13.2 Å².